The smallest absolute Gasteiger partial charge is 0.425 e. The molecule has 22 heavy (non-hydrogen) atoms. The maximum absolute atomic E-state index is 13.4. The Hall–Kier alpha value is -1.12. The lowest BCUT2D eigenvalue weighted by molar-refractivity contribution is -0.273. The Labute approximate surface area is 136 Å². The lowest BCUT2D eigenvalue weighted by Crippen LogP contribution is -2.46. The number of hydrogen-bond acceptors (Lipinski definition) is 4. The van der Waals surface area contributed by atoms with Crippen molar-refractivity contribution in [3.05, 3.63) is 32.6 Å². The van der Waals surface area contributed by atoms with Crippen LogP contribution in [-0.2, 0) is 12.0 Å². The van der Waals surface area contributed by atoms with Crippen LogP contribution in [0.15, 0.2) is 22.7 Å². The average molecular weight is 394 g/mol. The highest BCUT2D eigenvalue weighted by molar-refractivity contribution is 9.10. The van der Waals surface area contributed by atoms with Gasteiger partial charge in [0.15, 0.2) is 0 Å². The zero-order valence-electron chi connectivity index (χ0n) is 11.4. The molecule has 1 N–H and O–H groups in total. The predicted octanol–water partition coefficient (Wildman–Crippen LogP) is 4.28. The van der Waals surface area contributed by atoms with E-state index in [4.69, 9.17) is 4.74 Å². The van der Waals surface area contributed by atoms with Crippen molar-refractivity contribution in [2.24, 2.45) is 0 Å². The number of aliphatic hydroxyl groups is 1. The van der Waals surface area contributed by atoms with Crippen molar-refractivity contribution in [2.45, 2.75) is 25.1 Å². The molecule has 1 unspecified atom stereocenters. The molecule has 3 rings (SSSR count). The second-order valence-electron chi connectivity index (χ2n) is 4.93. The lowest BCUT2D eigenvalue weighted by Gasteiger charge is -2.28. The molecule has 0 spiro atoms. The molecule has 1 aliphatic rings. The summed E-state index contributed by atoms with van der Waals surface area (Å²) in [6, 6.07) is 4.88. The van der Waals surface area contributed by atoms with Gasteiger partial charge in [-0.05, 0) is 24.6 Å². The van der Waals surface area contributed by atoms with E-state index >= 15 is 0 Å². The Kier molecular flexibility index (Phi) is 3.73. The van der Waals surface area contributed by atoms with Gasteiger partial charge in [-0.3, -0.25) is 0 Å². The molecule has 8 heteroatoms. The second-order valence-corrected chi connectivity index (χ2v) is 6.93. The van der Waals surface area contributed by atoms with Crippen LogP contribution < -0.4 is 4.74 Å². The number of thiazole rings is 1. The van der Waals surface area contributed by atoms with Crippen molar-refractivity contribution in [3.8, 4) is 17.0 Å². The molecular weight excluding hydrogens is 383 g/mol. The standard InChI is InChI=1S/C14H11BrF3NO2S/c1-2-10-19-11-8-5-7(15)3-4-9(8)21-6-13(20,12(11)22-10)14(16,17)18/h3-5,20H,2,6H2,1H3. The monoisotopic (exact) mass is 393 g/mol. The van der Waals surface area contributed by atoms with E-state index in [9.17, 15) is 18.3 Å². The number of aromatic nitrogens is 1. The number of rotatable bonds is 1. The van der Waals surface area contributed by atoms with E-state index in [0.29, 0.717) is 21.5 Å². The maximum atomic E-state index is 13.4. The minimum atomic E-state index is -4.85. The number of fused-ring (bicyclic) bond motifs is 3. The molecule has 3 nitrogen and oxygen atoms in total. The van der Waals surface area contributed by atoms with Crippen LogP contribution in [0.3, 0.4) is 0 Å². The van der Waals surface area contributed by atoms with Gasteiger partial charge in [0, 0.05) is 10.0 Å². The normalized spacial score (nSPS) is 20.8. The minimum Gasteiger partial charge on any atom is -0.489 e. The highest BCUT2D eigenvalue weighted by Crippen LogP contribution is 2.50. The molecule has 0 amide bonds. The summed E-state index contributed by atoms with van der Waals surface area (Å²) in [6.45, 7) is 0.923. The third kappa shape index (κ3) is 2.33. The number of nitrogens with zero attached hydrogens (tertiary/aromatic N) is 1. The Morgan fingerprint density at radius 2 is 2.18 bits per heavy atom. The van der Waals surface area contributed by atoms with E-state index in [1.165, 1.54) is 0 Å². The summed E-state index contributed by atoms with van der Waals surface area (Å²) in [5, 5.41) is 10.8. The van der Waals surface area contributed by atoms with Crippen LogP contribution in [0.1, 0.15) is 16.8 Å². The third-order valence-electron chi connectivity index (χ3n) is 3.45. The SMILES string of the molecule is CCc1nc2c(s1)C(O)(C(F)(F)F)COc1ccc(Br)cc1-2. The van der Waals surface area contributed by atoms with E-state index in [2.05, 4.69) is 20.9 Å². The van der Waals surface area contributed by atoms with E-state index in [1.807, 2.05) is 6.92 Å². The van der Waals surface area contributed by atoms with Gasteiger partial charge in [-0.2, -0.15) is 13.2 Å². The molecule has 1 aromatic carbocycles. The summed E-state index contributed by atoms with van der Waals surface area (Å²) in [6.07, 6.45) is -4.35. The van der Waals surface area contributed by atoms with E-state index in [1.54, 1.807) is 18.2 Å². The number of alkyl halides is 3. The molecular formula is C14H11BrF3NO2S. The van der Waals surface area contributed by atoms with E-state index in [-0.39, 0.29) is 16.3 Å². The Morgan fingerprint density at radius 1 is 1.45 bits per heavy atom. The first-order valence-corrected chi connectivity index (χ1v) is 8.09. The van der Waals surface area contributed by atoms with Crippen molar-refractivity contribution >= 4 is 27.3 Å². The average Bonchev–Trinajstić information content (AvgIpc) is 2.84. The predicted molar refractivity (Wildman–Crippen MR) is 80.1 cm³/mol. The minimum absolute atomic E-state index is 0.135. The van der Waals surface area contributed by atoms with Crippen LogP contribution in [0.5, 0.6) is 5.75 Å². The highest BCUT2D eigenvalue weighted by Gasteiger charge is 2.59. The maximum Gasteiger partial charge on any atom is 0.425 e. The molecule has 2 heterocycles. The summed E-state index contributed by atoms with van der Waals surface area (Å²) in [5.74, 6) is 0.276. The van der Waals surface area contributed by atoms with E-state index < -0.39 is 18.4 Å². The van der Waals surface area contributed by atoms with E-state index in [0.717, 1.165) is 11.3 Å². The third-order valence-corrected chi connectivity index (χ3v) is 5.30. The molecule has 1 atom stereocenters. The fraction of sp³-hybridized carbons (Fsp3) is 0.357. The molecule has 0 saturated carbocycles. The first-order chi connectivity index (χ1) is 10.3. The van der Waals surface area contributed by atoms with Gasteiger partial charge in [0.1, 0.15) is 12.4 Å². The summed E-state index contributed by atoms with van der Waals surface area (Å²) in [7, 11) is 0. The van der Waals surface area contributed by atoms with Crippen LogP contribution >= 0.6 is 27.3 Å². The number of halogens is 4. The molecule has 2 aromatic rings. The second kappa shape index (κ2) is 5.21. The van der Waals surface area contributed by atoms with Gasteiger partial charge in [0.05, 0.1) is 15.6 Å². The summed E-state index contributed by atoms with van der Waals surface area (Å²) < 4.78 is 46.3. The van der Waals surface area contributed by atoms with Crippen molar-refractivity contribution < 1.29 is 23.0 Å². The number of ether oxygens (including phenoxy) is 1. The Bertz CT molecular complexity index is 731. The molecule has 1 aliphatic heterocycles. The lowest BCUT2D eigenvalue weighted by atomic mass is 9.99. The molecule has 0 saturated heterocycles. The van der Waals surface area contributed by atoms with Gasteiger partial charge in [-0.25, -0.2) is 4.98 Å². The van der Waals surface area contributed by atoms with Gasteiger partial charge in [-0.1, -0.05) is 22.9 Å². The van der Waals surface area contributed by atoms with Crippen LogP contribution in [-0.4, -0.2) is 22.9 Å². The van der Waals surface area contributed by atoms with Crippen molar-refractivity contribution in [2.75, 3.05) is 6.61 Å². The van der Waals surface area contributed by atoms with Crippen molar-refractivity contribution in [3.63, 3.8) is 0 Å². The fourth-order valence-corrected chi connectivity index (χ4v) is 3.72. The van der Waals surface area contributed by atoms with Gasteiger partial charge >= 0.3 is 6.18 Å². The zero-order valence-corrected chi connectivity index (χ0v) is 13.8. The topological polar surface area (TPSA) is 42.4 Å². The zero-order chi connectivity index (χ0) is 16.1. The largest absolute Gasteiger partial charge is 0.489 e. The van der Waals surface area contributed by atoms with Crippen LogP contribution in [0, 0.1) is 0 Å². The highest BCUT2D eigenvalue weighted by atomic mass is 79.9. The summed E-state index contributed by atoms with van der Waals surface area (Å²) in [4.78, 5) is 4.06. The summed E-state index contributed by atoms with van der Waals surface area (Å²) >= 11 is 4.17. The number of aryl methyl sites for hydroxylation is 1. The summed E-state index contributed by atoms with van der Waals surface area (Å²) in [5.41, 5.74) is -2.48. The fourth-order valence-electron chi connectivity index (χ4n) is 2.25. The first kappa shape index (κ1) is 15.8. The van der Waals surface area contributed by atoms with Crippen LogP contribution in [0.2, 0.25) is 0 Å². The van der Waals surface area contributed by atoms with Crippen LogP contribution in [0.4, 0.5) is 13.2 Å². The van der Waals surface area contributed by atoms with Gasteiger partial charge in [-0.15, -0.1) is 11.3 Å². The number of hydrogen-bond donors (Lipinski definition) is 1. The molecule has 0 aliphatic carbocycles. The Balaban J connectivity index is 2.30. The van der Waals surface area contributed by atoms with Gasteiger partial charge in [0.25, 0.3) is 0 Å². The van der Waals surface area contributed by atoms with Crippen LogP contribution in [0.25, 0.3) is 11.3 Å². The Morgan fingerprint density at radius 3 is 2.82 bits per heavy atom. The molecule has 0 fully saturated rings. The number of benzene rings is 1. The molecule has 1 aromatic heterocycles. The quantitative estimate of drug-likeness (QED) is 0.786. The van der Waals surface area contributed by atoms with Gasteiger partial charge in [0.2, 0.25) is 5.60 Å². The molecule has 118 valence electrons. The molecule has 0 radical (unpaired) electrons. The van der Waals surface area contributed by atoms with Crippen molar-refractivity contribution in [1.29, 1.82) is 0 Å². The van der Waals surface area contributed by atoms with Crippen molar-refractivity contribution in [1.82, 2.24) is 4.98 Å². The molecule has 0 bridgehead atoms. The van der Waals surface area contributed by atoms with Gasteiger partial charge < -0.3 is 9.84 Å². The first-order valence-electron chi connectivity index (χ1n) is 6.48.